The maximum atomic E-state index is 6.20. The molecule has 0 amide bonds. The fraction of sp³-hybridized carbons (Fsp3) is 0.826. The quantitative estimate of drug-likeness (QED) is 0.812. The van der Waals surface area contributed by atoms with Crippen LogP contribution in [0.4, 0.5) is 17.6 Å². The van der Waals surface area contributed by atoms with Crippen LogP contribution in [0.3, 0.4) is 0 Å². The molecule has 7 heteroatoms. The van der Waals surface area contributed by atoms with E-state index in [1.165, 1.54) is 45.1 Å². The fourth-order valence-corrected chi connectivity index (χ4v) is 6.59. The first kappa shape index (κ1) is 20.3. The van der Waals surface area contributed by atoms with Crippen molar-refractivity contribution in [1.82, 2.24) is 19.8 Å². The molecule has 1 aromatic rings. The second-order valence-corrected chi connectivity index (χ2v) is 10.1. The maximum Gasteiger partial charge on any atom is 0.223 e. The summed E-state index contributed by atoms with van der Waals surface area (Å²) in [5.41, 5.74) is 6.20. The Balaban J connectivity index is 1.38. The Morgan fingerprint density at radius 1 is 0.967 bits per heavy atom. The van der Waals surface area contributed by atoms with Crippen LogP contribution < -0.4 is 15.5 Å². The molecule has 166 valence electrons. The Labute approximate surface area is 181 Å². The number of nitrogens with zero attached hydrogens (tertiary/aromatic N) is 6. The number of nitrogens with two attached hydrogens (primary N) is 1. The van der Waals surface area contributed by atoms with E-state index in [1.807, 2.05) is 0 Å². The van der Waals surface area contributed by atoms with Gasteiger partial charge >= 0.3 is 0 Å². The Kier molecular flexibility index (Phi) is 5.75. The lowest BCUT2D eigenvalue weighted by Crippen LogP contribution is -2.63. The van der Waals surface area contributed by atoms with E-state index in [-0.39, 0.29) is 0 Å². The molecule has 1 aromatic heterocycles. The number of hydrogen-bond acceptors (Lipinski definition) is 7. The number of piperazine rings is 1. The third-order valence-electron chi connectivity index (χ3n) is 8.07. The van der Waals surface area contributed by atoms with Gasteiger partial charge in [0.15, 0.2) is 0 Å². The number of hydrogen-bond donors (Lipinski definition) is 1. The van der Waals surface area contributed by atoms with Gasteiger partial charge in [-0.05, 0) is 51.1 Å². The molecule has 4 fully saturated rings. The van der Waals surface area contributed by atoms with E-state index in [4.69, 9.17) is 10.7 Å². The van der Waals surface area contributed by atoms with E-state index in [0.717, 1.165) is 74.8 Å². The SMILES string of the molecule is CCC[C@H]1[C@H]2C[C@H](CN(c3cc(N4CCN(C)CC4)nc(N)n3)C2)[C@@H]2CCCCN21. The van der Waals surface area contributed by atoms with Gasteiger partial charge in [-0.2, -0.15) is 9.97 Å². The Morgan fingerprint density at radius 2 is 1.70 bits per heavy atom. The van der Waals surface area contributed by atoms with Gasteiger partial charge in [0, 0.05) is 57.4 Å². The van der Waals surface area contributed by atoms with Crippen molar-refractivity contribution >= 4 is 17.6 Å². The lowest BCUT2D eigenvalue weighted by atomic mass is 9.71. The summed E-state index contributed by atoms with van der Waals surface area (Å²) in [4.78, 5) is 19.5. The van der Waals surface area contributed by atoms with Crippen LogP contribution in [0.1, 0.15) is 45.4 Å². The fourth-order valence-electron chi connectivity index (χ4n) is 6.59. The molecule has 4 aliphatic rings. The van der Waals surface area contributed by atoms with Gasteiger partial charge in [0.1, 0.15) is 11.6 Å². The topological polar surface area (TPSA) is 64.8 Å². The van der Waals surface area contributed by atoms with Gasteiger partial charge in [-0.3, -0.25) is 4.90 Å². The molecule has 30 heavy (non-hydrogen) atoms. The second-order valence-electron chi connectivity index (χ2n) is 10.1. The number of aromatic nitrogens is 2. The average molecular weight is 414 g/mol. The molecule has 0 saturated carbocycles. The molecule has 0 aromatic carbocycles. The van der Waals surface area contributed by atoms with Crippen molar-refractivity contribution in [3.63, 3.8) is 0 Å². The van der Waals surface area contributed by atoms with Crippen molar-refractivity contribution in [3.8, 4) is 0 Å². The molecule has 0 spiro atoms. The summed E-state index contributed by atoms with van der Waals surface area (Å²) in [5.74, 6) is 3.99. The molecule has 2 bridgehead atoms. The third-order valence-corrected chi connectivity index (χ3v) is 8.07. The normalized spacial score (nSPS) is 32.9. The third kappa shape index (κ3) is 3.86. The summed E-state index contributed by atoms with van der Waals surface area (Å²) in [7, 11) is 2.19. The van der Waals surface area contributed by atoms with Crippen molar-refractivity contribution in [2.24, 2.45) is 11.8 Å². The molecule has 0 radical (unpaired) electrons. The van der Waals surface area contributed by atoms with Crippen molar-refractivity contribution in [2.45, 2.75) is 57.5 Å². The standard InChI is InChI=1S/C23H39N7/c1-3-6-19-17-13-18(20-7-4-5-8-30(19)20)16-29(15-17)22-14-21(25-23(24)26-22)28-11-9-27(2)10-12-28/h14,17-20H,3-13,15-16H2,1-2H3,(H2,24,25,26)/t17-,18+,19-,20-/m0/s1. The van der Waals surface area contributed by atoms with Crippen LogP contribution in [0.5, 0.6) is 0 Å². The summed E-state index contributed by atoms with van der Waals surface area (Å²) in [6, 6.07) is 3.72. The summed E-state index contributed by atoms with van der Waals surface area (Å²) >= 11 is 0. The van der Waals surface area contributed by atoms with Gasteiger partial charge in [-0.1, -0.05) is 19.8 Å². The minimum absolute atomic E-state index is 0.418. The lowest BCUT2D eigenvalue weighted by molar-refractivity contribution is -0.0354. The first-order valence-corrected chi connectivity index (χ1v) is 12.2. The Morgan fingerprint density at radius 3 is 2.47 bits per heavy atom. The second kappa shape index (κ2) is 8.50. The molecular weight excluding hydrogens is 374 g/mol. The highest BCUT2D eigenvalue weighted by atomic mass is 15.3. The Hall–Kier alpha value is -1.60. The Bertz CT molecular complexity index is 732. The summed E-state index contributed by atoms with van der Waals surface area (Å²) < 4.78 is 0. The van der Waals surface area contributed by atoms with E-state index in [9.17, 15) is 0 Å². The van der Waals surface area contributed by atoms with Crippen molar-refractivity contribution in [3.05, 3.63) is 6.07 Å². The molecular formula is C23H39N7. The molecule has 4 atom stereocenters. The minimum atomic E-state index is 0.418. The molecule has 4 aliphatic heterocycles. The van der Waals surface area contributed by atoms with Gasteiger partial charge in [0.2, 0.25) is 5.95 Å². The van der Waals surface area contributed by atoms with Crippen molar-refractivity contribution in [1.29, 1.82) is 0 Å². The summed E-state index contributed by atoms with van der Waals surface area (Å²) in [6.45, 7) is 10.1. The largest absolute Gasteiger partial charge is 0.368 e. The molecule has 5 rings (SSSR count). The van der Waals surface area contributed by atoms with E-state index >= 15 is 0 Å². The molecule has 0 unspecified atom stereocenters. The monoisotopic (exact) mass is 413 g/mol. The van der Waals surface area contributed by atoms with Gasteiger partial charge in [-0.15, -0.1) is 0 Å². The van der Waals surface area contributed by atoms with Crippen molar-refractivity contribution in [2.75, 3.05) is 68.4 Å². The maximum absolute atomic E-state index is 6.20. The predicted octanol–water partition coefficient (Wildman–Crippen LogP) is 2.29. The summed E-state index contributed by atoms with van der Waals surface area (Å²) in [6.07, 6.45) is 8.17. The van der Waals surface area contributed by atoms with Crippen LogP contribution in [-0.4, -0.2) is 84.7 Å². The number of piperidine rings is 3. The highest BCUT2D eigenvalue weighted by Crippen LogP contribution is 2.43. The van der Waals surface area contributed by atoms with Crippen LogP contribution in [0, 0.1) is 11.8 Å². The lowest BCUT2D eigenvalue weighted by Gasteiger charge is -2.57. The molecule has 2 N–H and O–H groups in total. The van der Waals surface area contributed by atoms with E-state index in [1.54, 1.807) is 0 Å². The van der Waals surface area contributed by atoms with E-state index in [0.29, 0.717) is 5.95 Å². The van der Waals surface area contributed by atoms with E-state index < -0.39 is 0 Å². The molecule has 0 aliphatic carbocycles. The number of likely N-dealkylation sites (N-methyl/N-ethyl adjacent to an activating group) is 1. The zero-order valence-corrected chi connectivity index (χ0v) is 18.8. The van der Waals surface area contributed by atoms with Crippen LogP contribution >= 0.6 is 0 Å². The van der Waals surface area contributed by atoms with Gasteiger partial charge < -0.3 is 20.4 Å². The van der Waals surface area contributed by atoms with Crippen molar-refractivity contribution < 1.29 is 0 Å². The number of fused-ring (bicyclic) bond motifs is 4. The smallest absolute Gasteiger partial charge is 0.223 e. The highest BCUT2D eigenvalue weighted by Gasteiger charge is 2.46. The molecule has 7 nitrogen and oxygen atoms in total. The highest BCUT2D eigenvalue weighted by molar-refractivity contribution is 5.54. The first-order valence-electron chi connectivity index (χ1n) is 12.2. The van der Waals surface area contributed by atoms with E-state index in [2.05, 4.69) is 44.6 Å². The predicted molar refractivity (Wildman–Crippen MR) is 123 cm³/mol. The zero-order chi connectivity index (χ0) is 20.7. The first-order chi connectivity index (χ1) is 14.6. The zero-order valence-electron chi connectivity index (χ0n) is 18.8. The van der Waals surface area contributed by atoms with Gasteiger partial charge in [-0.25, -0.2) is 0 Å². The van der Waals surface area contributed by atoms with Gasteiger partial charge in [0.25, 0.3) is 0 Å². The number of rotatable bonds is 4. The molecule has 5 heterocycles. The van der Waals surface area contributed by atoms with Gasteiger partial charge in [0.05, 0.1) is 0 Å². The number of anilines is 3. The average Bonchev–Trinajstić information content (AvgIpc) is 2.76. The van der Waals surface area contributed by atoms with Crippen LogP contribution in [0.25, 0.3) is 0 Å². The van der Waals surface area contributed by atoms with Crippen LogP contribution in [0.2, 0.25) is 0 Å². The molecule has 4 saturated heterocycles. The minimum Gasteiger partial charge on any atom is -0.368 e. The van der Waals surface area contributed by atoms with Crippen LogP contribution in [0.15, 0.2) is 6.07 Å². The number of nitrogen functional groups attached to an aromatic ring is 1. The summed E-state index contributed by atoms with van der Waals surface area (Å²) in [5, 5.41) is 0. The van der Waals surface area contributed by atoms with Crippen LogP contribution in [-0.2, 0) is 0 Å².